The highest BCUT2D eigenvalue weighted by Gasteiger charge is 2.54. The molecule has 1 aromatic carbocycles. The summed E-state index contributed by atoms with van der Waals surface area (Å²) in [5.74, 6) is 2.14. The van der Waals surface area contributed by atoms with Crippen molar-refractivity contribution in [3.63, 3.8) is 0 Å². The molecule has 2 fully saturated rings. The SMILES string of the molecule is C[C@]12CCC3c4ccc(F)cc4CCC3C1[C@H](CCC(=O)Nc1ccc(F)cn1)CC2. The molecule has 5 rings (SSSR count). The Hall–Kier alpha value is -2.30. The monoisotopic (exact) mass is 424 g/mol. The third kappa shape index (κ3) is 3.88. The normalized spacial score (nSPS) is 31.5. The summed E-state index contributed by atoms with van der Waals surface area (Å²) in [6.07, 6.45) is 9.40. The zero-order chi connectivity index (χ0) is 21.6. The summed E-state index contributed by atoms with van der Waals surface area (Å²) >= 11 is 0. The first kappa shape index (κ1) is 20.6. The summed E-state index contributed by atoms with van der Waals surface area (Å²) in [6.45, 7) is 2.45. The van der Waals surface area contributed by atoms with Gasteiger partial charge in [-0.1, -0.05) is 13.0 Å². The standard InChI is InChI=1S/C26H30F2N2O/c1-26-12-10-16(3-9-24(31)30-23-8-5-19(28)15-29-23)25(26)22-6-2-17-14-18(27)4-7-20(17)21(22)11-13-26/h4-5,7-8,14-16,21-22,25H,2-3,6,9-13H2,1H3,(H,29,30,31)/t16-,21?,22?,25?,26+/m1/s1. The molecule has 0 saturated heterocycles. The fourth-order valence-corrected chi connectivity index (χ4v) is 7.08. The van der Waals surface area contributed by atoms with Crippen LogP contribution in [0.15, 0.2) is 36.5 Å². The Morgan fingerprint density at radius 2 is 1.94 bits per heavy atom. The number of aromatic nitrogens is 1. The van der Waals surface area contributed by atoms with Crippen LogP contribution in [0.2, 0.25) is 0 Å². The molecule has 5 heteroatoms. The molecule has 0 aliphatic heterocycles. The van der Waals surface area contributed by atoms with Gasteiger partial charge in [-0.15, -0.1) is 0 Å². The Morgan fingerprint density at radius 3 is 2.74 bits per heavy atom. The number of aryl methyl sites for hydroxylation is 1. The van der Waals surface area contributed by atoms with Gasteiger partial charge in [0.25, 0.3) is 0 Å². The number of rotatable bonds is 4. The first-order valence-corrected chi connectivity index (χ1v) is 11.6. The van der Waals surface area contributed by atoms with Gasteiger partial charge >= 0.3 is 0 Å². The Kier molecular flexibility index (Phi) is 5.31. The number of pyridine rings is 1. The van der Waals surface area contributed by atoms with Crippen LogP contribution in [0, 0.1) is 34.8 Å². The molecular weight excluding hydrogens is 394 g/mol. The molecule has 3 aliphatic rings. The van der Waals surface area contributed by atoms with Crippen LogP contribution in [0.1, 0.15) is 68.9 Å². The molecule has 2 saturated carbocycles. The largest absolute Gasteiger partial charge is 0.311 e. The lowest BCUT2D eigenvalue weighted by Crippen LogP contribution is -2.42. The van der Waals surface area contributed by atoms with Crippen LogP contribution in [0.4, 0.5) is 14.6 Å². The molecule has 2 aromatic rings. The van der Waals surface area contributed by atoms with Crippen molar-refractivity contribution >= 4 is 11.7 Å². The number of fused-ring (bicyclic) bond motifs is 5. The predicted molar refractivity (Wildman–Crippen MR) is 117 cm³/mol. The number of benzene rings is 1. The average Bonchev–Trinajstić information content (AvgIpc) is 3.10. The van der Waals surface area contributed by atoms with Crippen molar-refractivity contribution in [1.29, 1.82) is 0 Å². The maximum Gasteiger partial charge on any atom is 0.225 e. The van der Waals surface area contributed by atoms with Crippen molar-refractivity contribution in [2.24, 2.45) is 23.2 Å². The summed E-state index contributed by atoms with van der Waals surface area (Å²) < 4.78 is 26.8. The minimum absolute atomic E-state index is 0.0514. The molecule has 5 atom stereocenters. The van der Waals surface area contributed by atoms with E-state index in [1.54, 1.807) is 12.1 Å². The van der Waals surface area contributed by atoms with Gasteiger partial charge in [-0.2, -0.15) is 0 Å². The lowest BCUT2D eigenvalue weighted by Gasteiger charge is -2.51. The summed E-state index contributed by atoms with van der Waals surface area (Å²) in [6, 6.07) is 8.18. The topological polar surface area (TPSA) is 42.0 Å². The average molecular weight is 425 g/mol. The highest BCUT2D eigenvalue weighted by molar-refractivity contribution is 5.89. The molecule has 1 heterocycles. The second-order valence-electron chi connectivity index (χ2n) is 10.1. The molecule has 0 bridgehead atoms. The molecular formula is C26H30F2N2O. The van der Waals surface area contributed by atoms with Crippen molar-refractivity contribution in [3.05, 3.63) is 59.3 Å². The van der Waals surface area contributed by atoms with Gasteiger partial charge in [-0.3, -0.25) is 4.79 Å². The smallest absolute Gasteiger partial charge is 0.225 e. The van der Waals surface area contributed by atoms with Crippen molar-refractivity contribution in [1.82, 2.24) is 4.98 Å². The fraction of sp³-hybridized carbons (Fsp3) is 0.538. The van der Waals surface area contributed by atoms with Crippen molar-refractivity contribution in [2.45, 2.75) is 64.2 Å². The van der Waals surface area contributed by atoms with Gasteiger partial charge in [0.2, 0.25) is 5.91 Å². The number of nitrogens with one attached hydrogen (secondary N) is 1. The van der Waals surface area contributed by atoms with Crippen LogP contribution in [0.25, 0.3) is 0 Å². The van der Waals surface area contributed by atoms with Crippen LogP contribution in [-0.2, 0) is 11.2 Å². The van der Waals surface area contributed by atoms with Crippen molar-refractivity contribution in [2.75, 3.05) is 5.32 Å². The first-order valence-electron chi connectivity index (χ1n) is 11.6. The van der Waals surface area contributed by atoms with E-state index in [9.17, 15) is 13.6 Å². The van der Waals surface area contributed by atoms with Gasteiger partial charge in [0.15, 0.2) is 0 Å². The van der Waals surface area contributed by atoms with E-state index in [0.29, 0.717) is 41.3 Å². The zero-order valence-corrected chi connectivity index (χ0v) is 18.0. The van der Waals surface area contributed by atoms with Crippen molar-refractivity contribution in [3.8, 4) is 0 Å². The second-order valence-corrected chi connectivity index (χ2v) is 10.1. The van der Waals surface area contributed by atoms with Gasteiger partial charge in [-0.25, -0.2) is 13.8 Å². The first-order chi connectivity index (χ1) is 14.9. The lowest BCUT2D eigenvalue weighted by molar-refractivity contribution is -0.116. The van der Waals surface area contributed by atoms with Gasteiger partial charge in [-0.05, 0) is 109 Å². The summed E-state index contributed by atoms with van der Waals surface area (Å²) in [4.78, 5) is 16.4. The van der Waals surface area contributed by atoms with E-state index in [0.717, 1.165) is 25.5 Å². The van der Waals surface area contributed by atoms with E-state index in [4.69, 9.17) is 0 Å². The van der Waals surface area contributed by atoms with E-state index >= 15 is 0 Å². The summed E-state index contributed by atoms with van der Waals surface area (Å²) in [5, 5.41) is 2.80. The molecule has 1 amide bonds. The molecule has 164 valence electrons. The van der Waals surface area contributed by atoms with Crippen LogP contribution in [0.3, 0.4) is 0 Å². The minimum Gasteiger partial charge on any atom is -0.311 e. The number of hydrogen-bond acceptors (Lipinski definition) is 2. The molecule has 0 radical (unpaired) electrons. The second kappa shape index (κ2) is 7.99. The van der Waals surface area contributed by atoms with Crippen LogP contribution in [0.5, 0.6) is 0 Å². The molecule has 3 unspecified atom stereocenters. The third-order valence-corrected chi connectivity index (χ3v) is 8.39. The Labute approximate surface area is 182 Å². The van der Waals surface area contributed by atoms with E-state index < -0.39 is 5.82 Å². The number of anilines is 1. The number of carbonyl (C=O) groups excluding carboxylic acids is 1. The highest BCUT2D eigenvalue weighted by Crippen LogP contribution is 2.63. The molecule has 3 aliphatic carbocycles. The van der Waals surface area contributed by atoms with Crippen molar-refractivity contribution < 1.29 is 13.6 Å². The summed E-state index contributed by atoms with van der Waals surface area (Å²) in [5.41, 5.74) is 2.93. The van der Waals surface area contributed by atoms with Crippen LogP contribution in [-0.4, -0.2) is 10.9 Å². The Morgan fingerprint density at radius 1 is 1.13 bits per heavy atom. The maximum atomic E-state index is 13.7. The third-order valence-electron chi connectivity index (χ3n) is 8.39. The lowest BCUT2D eigenvalue weighted by atomic mass is 9.54. The van der Waals surface area contributed by atoms with Gasteiger partial charge < -0.3 is 5.32 Å². The number of halogens is 2. The fourth-order valence-electron chi connectivity index (χ4n) is 7.08. The molecule has 1 aromatic heterocycles. The summed E-state index contributed by atoms with van der Waals surface area (Å²) in [7, 11) is 0. The molecule has 31 heavy (non-hydrogen) atoms. The molecule has 1 N–H and O–H groups in total. The number of nitrogens with zero attached hydrogens (tertiary/aromatic N) is 1. The van der Waals surface area contributed by atoms with Crippen LogP contribution < -0.4 is 5.32 Å². The van der Waals surface area contributed by atoms with Crippen LogP contribution >= 0.6 is 0 Å². The number of hydrogen-bond donors (Lipinski definition) is 1. The molecule has 0 spiro atoms. The zero-order valence-electron chi connectivity index (χ0n) is 18.0. The quantitative estimate of drug-likeness (QED) is 0.630. The van der Waals surface area contributed by atoms with E-state index in [1.807, 2.05) is 6.07 Å². The Balaban J connectivity index is 1.28. The Bertz CT molecular complexity index is 976. The minimum atomic E-state index is -0.410. The van der Waals surface area contributed by atoms with E-state index in [-0.39, 0.29) is 11.7 Å². The predicted octanol–water partition coefficient (Wildman–Crippen LogP) is 6.25. The number of amides is 1. The van der Waals surface area contributed by atoms with Gasteiger partial charge in [0.05, 0.1) is 6.20 Å². The number of carbonyl (C=O) groups is 1. The molecule has 3 nitrogen and oxygen atoms in total. The maximum absolute atomic E-state index is 13.7. The van der Waals surface area contributed by atoms with E-state index in [2.05, 4.69) is 17.2 Å². The van der Waals surface area contributed by atoms with Gasteiger partial charge in [0.1, 0.15) is 17.5 Å². The van der Waals surface area contributed by atoms with Gasteiger partial charge in [0, 0.05) is 6.42 Å². The van der Waals surface area contributed by atoms with E-state index in [1.165, 1.54) is 48.9 Å². The highest BCUT2D eigenvalue weighted by atomic mass is 19.1.